The highest BCUT2D eigenvalue weighted by Gasteiger charge is 2.27. The van der Waals surface area contributed by atoms with Gasteiger partial charge in [-0.1, -0.05) is 19.1 Å². The highest BCUT2D eigenvalue weighted by Crippen LogP contribution is 2.22. The van der Waals surface area contributed by atoms with Crippen LogP contribution >= 0.6 is 22.6 Å². The van der Waals surface area contributed by atoms with Crippen molar-refractivity contribution in [3.05, 3.63) is 32.9 Å². The van der Waals surface area contributed by atoms with Crippen molar-refractivity contribution in [2.24, 2.45) is 11.7 Å². The summed E-state index contributed by atoms with van der Waals surface area (Å²) in [6, 6.07) is 5.99. The highest BCUT2D eigenvalue weighted by atomic mass is 127. The van der Waals surface area contributed by atoms with E-state index in [9.17, 15) is 4.79 Å². The van der Waals surface area contributed by atoms with Crippen molar-refractivity contribution < 1.29 is 4.79 Å². The number of amides is 1. The minimum atomic E-state index is 0.111. The fraction of sp³-hybridized carbons (Fsp3) is 0.500. The quantitative estimate of drug-likeness (QED) is 0.784. The fourth-order valence-corrected chi connectivity index (χ4v) is 3.14. The third kappa shape index (κ3) is 2.85. The van der Waals surface area contributed by atoms with Gasteiger partial charge in [-0.25, -0.2) is 0 Å². The number of aryl methyl sites for hydroxylation is 1. The number of hydrogen-bond donors (Lipinski definition) is 1. The molecule has 1 aliphatic rings. The Bertz CT molecular complexity index is 451. The zero-order valence-corrected chi connectivity index (χ0v) is 13.0. The zero-order chi connectivity index (χ0) is 13.3. The second-order valence-corrected chi connectivity index (χ2v) is 6.33. The molecule has 3 nitrogen and oxygen atoms in total. The first kappa shape index (κ1) is 13.8. The molecule has 4 heteroatoms. The molecule has 1 aromatic rings. The monoisotopic (exact) mass is 358 g/mol. The minimum Gasteiger partial charge on any atom is -0.337 e. The van der Waals surface area contributed by atoms with Crippen LogP contribution in [0.5, 0.6) is 0 Å². The molecule has 1 amide bonds. The van der Waals surface area contributed by atoms with Gasteiger partial charge < -0.3 is 10.6 Å². The molecular weight excluding hydrogens is 339 g/mol. The fourth-order valence-electron chi connectivity index (χ4n) is 2.55. The molecule has 98 valence electrons. The van der Waals surface area contributed by atoms with E-state index in [0.29, 0.717) is 12.5 Å². The van der Waals surface area contributed by atoms with Crippen LogP contribution in [0.25, 0.3) is 0 Å². The second-order valence-electron chi connectivity index (χ2n) is 5.25. The number of carbonyl (C=O) groups excluding carboxylic acids is 1. The summed E-state index contributed by atoms with van der Waals surface area (Å²) in [5, 5.41) is 0. The Morgan fingerprint density at radius 1 is 1.44 bits per heavy atom. The van der Waals surface area contributed by atoms with Crippen LogP contribution in [0.1, 0.15) is 29.3 Å². The number of rotatable bonds is 1. The minimum absolute atomic E-state index is 0.111. The molecule has 0 radical (unpaired) electrons. The van der Waals surface area contributed by atoms with Crippen LogP contribution in [0.4, 0.5) is 0 Å². The van der Waals surface area contributed by atoms with E-state index < -0.39 is 0 Å². The number of nitrogens with zero attached hydrogens (tertiary/aromatic N) is 1. The molecule has 1 heterocycles. The van der Waals surface area contributed by atoms with Crippen LogP contribution in [-0.4, -0.2) is 29.9 Å². The average Bonchev–Trinajstić information content (AvgIpc) is 2.30. The number of halogens is 1. The lowest BCUT2D eigenvalue weighted by molar-refractivity contribution is 0.0660. The summed E-state index contributed by atoms with van der Waals surface area (Å²) < 4.78 is 1.05. The molecule has 1 aromatic carbocycles. The standard InChI is InChI=1S/C14H19IN2O/c1-9-6-11(16)8-17(7-9)14(18)12-5-3-4-10(2)13(12)15/h3-5,9,11H,6-8,16H2,1-2H3. The van der Waals surface area contributed by atoms with Gasteiger partial charge in [0.2, 0.25) is 0 Å². The molecule has 0 bridgehead atoms. The van der Waals surface area contributed by atoms with Gasteiger partial charge >= 0.3 is 0 Å². The van der Waals surface area contributed by atoms with Crippen molar-refractivity contribution >= 4 is 28.5 Å². The van der Waals surface area contributed by atoms with Gasteiger partial charge in [0, 0.05) is 22.7 Å². The first-order valence-electron chi connectivity index (χ1n) is 6.29. The van der Waals surface area contributed by atoms with Crippen molar-refractivity contribution in [2.75, 3.05) is 13.1 Å². The lowest BCUT2D eigenvalue weighted by Crippen LogP contribution is -2.49. The summed E-state index contributed by atoms with van der Waals surface area (Å²) in [6.45, 7) is 5.67. The van der Waals surface area contributed by atoms with Gasteiger partial charge in [0.1, 0.15) is 0 Å². The molecule has 0 aromatic heterocycles. The number of likely N-dealkylation sites (tertiary alicyclic amines) is 1. The Morgan fingerprint density at radius 2 is 2.17 bits per heavy atom. The predicted octanol–water partition coefficient (Wildman–Crippen LogP) is 2.41. The van der Waals surface area contributed by atoms with Gasteiger partial charge in [0.05, 0.1) is 5.56 Å². The Morgan fingerprint density at radius 3 is 2.83 bits per heavy atom. The number of piperidine rings is 1. The van der Waals surface area contributed by atoms with E-state index in [-0.39, 0.29) is 11.9 Å². The molecule has 2 N–H and O–H groups in total. The number of nitrogens with two attached hydrogens (primary N) is 1. The smallest absolute Gasteiger partial charge is 0.255 e. The van der Waals surface area contributed by atoms with Crippen LogP contribution in [0.2, 0.25) is 0 Å². The summed E-state index contributed by atoms with van der Waals surface area (Å²) >= 11 is 2.25. The molecule has 0 spiro atoms. The maximum atomic E-state index is 12.5. The van der Waals surface area contributed by atoms with Crippen LogP contribution in [0.3, 0.4) is 0 Å². The van der Waals surface area contributed by atoms with Crippen LogP contribution in [0, 0.1) is 16.4 Å². The van der Waals surface area contributed by atoms with Crippen molar-refractivity contribution in [1.29, 1.82) is 0 Å². The van der Waals surface area contributed by atoms with Crippen LogP contribution in [-0.2, 0) is 0 Å². The maximum absolute atomic E-state index is 12.5. The predicted molar refractivity (Wildman–Crippen MR) is 81.6 cm³/mol. The lowest BCUT2D eigenvalue weighted by Gasteiger charge is -2.35. The van der Waals surface area contributed by atoms with E-state index in [1.165, 1.54) is 0 Å². The van der Waals surface area contributed by atoms with Gasteiger partial charge in [-0.3, -0.25) is 4.79 Å². The van der Waals surface area contributed by atoms with Gasteiger partial charge in [-0.05, 0) is 53.5 Å². The Hall–Kier alpha value is -0.620. The largest absolute Gasteiger partial charge is 0.337 e. The molecule has 1 saturated heterocycles. The number of hydrogen-bond acceptors (Lipinski definition) is 2. The molecule has 0 saturated carbocycles. The topological polar surface area (TPSA) is 46.3 Å². The van der Waals surface area contributed by atoms with Gasteiger partial charge in [0.15, 0.2) is 0 Å². The second kappa shape index (κ2) is 5.57. The molecule has 18 heavy (non-hydrogen) atoms. The first-order chi connectivity index (χ1) is 8.49. The highest BCUT2D eigenvalue weighted by molar-refractivity contribution is 14.1. The van der Waals surface area contributed by atoms with E-state index >= 15 is 0 Å². The Kier molecular flexibility index (Phi) is 4.27. The van der Waals surface area contributed by atoms with Crippen molar-refractivity contribution in [3.8, 4) is 0 Å². The molecule has 1 fully saturated rings. The third-order valence-corrected chi connectivity index (χ3v) is 4.83. The van der Waals surface area contributed by atoms with Gasteiger partial charge in [-0.15, -0.1) is 0 Å². The Labute approximate surface area is 122 Å². The Balaban J connectivity index is 2.23. The van der Waals surface area contributed by atoms with E-state index in [2.05, 4.69) is 29.5 Å². The van der Waals surface area contributed by atoms with Crippen LogP contribution in [0.15, 0.2) is 18.2 Å². The van der Waals surface area contributed by atoms with E-state index in [4.69, 9.17) is 5.73 Å². The number of carbonyl (C=O) groups is 1. The van der Waals surface area contributed by atoms with Crippen molar-refractivity contribution in [1.82, 2.24) is 4.90 Å². The van der Waals surface area contributed by atoms with Crippen molar-refractivity contribution in [3.63, 3.8) is 0 Å². The third-order valence-electron chi connectivity index (χ3n) is 3.40. The summed E-state index contributed by atoms with van der Waals surface area (Å²) in [7, 11) is 0. The molecule has 2 rings (SSSR count). The summed E-state index contributed by atoms with van der Waals surface area (Å²) in [5.41, 5.74) is 7.96. The summed E-state index contributed by atoms with van der Waals surface area (Å²) in [4.78, 5) is 14.4. The molecule has 2 unspecified atom stereocenters. The van der Waals surface area contributed by atoms with E-state index in [1.54, 1.807) is 0 Å². The molecular formula is C14H19IN2O. The van der Waals surface area contributed by atoms with Gasteiger partial charge in [-0.2, -0.15) is 0 Å². The first-order valence-corrected chi connectivity index (χ1v) is 7.37. The molecule has 0 aliphatic carbocycles. The maximum Gasteiger partial charge on any atom is 0.255 e. The summed E-state index contributed by atoms with van der Waals surface area (Å²) in [6.07, 6.45) is 1.01. The van der Waals surface area contributed by atoms with Gasteiger partial charge in [0.25, 0.3) is 5.91 Å². The SMILES string of the molecule is Cc1cccc(C(=O)N2CC(C)CC(N)C2)c1I. The van der Waals surface area contributed by atoms with E-state index in [1.807, 2.05) is 30.0 Å². The summed E-state index contributed by atoms with van der Waals surface area (Å²) in [5.74, 6) is 0.602. The molecule has 1 aliphatic heterocycles. The molecule has 2 atom stereocenters. The number of benzene rings is 1. The van der Waals surface area contributed by atoms with Crippen molar-refractivity contribution in [2.45, 2.75) is 26.3 Å². The zero-order valence-electron chi connectivity index (χ0n) is 10.8. The van der Waals surface area contributed by atoms with Crippen LogP contribution < -0.4 is 5.73 Å². The lowest BCUT2D eigenvalue weighted by atomic mass is 9.96. The normalized spacial score (nSPS) is 24.1. The van der Waals surface area contributed by atoms with E-state index in [0.717, 1.165) is 27.7 Å². The average molecular weight is 358 g/mol.